The molecule has 1 atom stereocenters. The van der Waals surface area contributed by atoms with Crippen molar-refractivity contribution >= 4 is 33.0 Å². The number of fused-ring (bicyclic) bond motifs is 5. The summed E-state index contributed by atoms with van der Waals surface area (Å²) in [6, 6.07) is 38.3. The third kappa shape index (κ3) is 2.81. The van der Waals surface area contributed by atoms with Crippen LogP contribution >= 0.6 is 15.9 Å². The first-order valence-electron chi connectivity index (χ1n) is 11.5. The lowest BCUT2D eigenvalue weighted by Crippen LogP contribution is -2.29. The van der Waals surface area contributed by atoms with Gasteiger partial charge in [-0.05, 0) is 42.0 Å². The van der Waals surface area contributed by atoms with Crippen molar-refractivity contribution in [3.05, 3.63) is 136 Å². The van der Waals surface area contributed by atoms with Crippen LogP contribution in [0.25, 0.3) is 11.1 Å². The van der Waals surface area contributed by atoms with Crippen molar-refractivity contribution < 1.29 is 9.84 Å². The van der Waals surface area contributed by atoms with Crippen LogP contribution in [0.2, 0.25) is 0 Å². The summed E-state index contributed by atoms with van der Waals surface area (Å²) in [7, 11) is 0. The number of ether oxygens (including phenoxy) is 1. The Morgan fingerprint density at radius 1 is 0.571 bits per heavy atom. The van der Waals surface area contributed by atoms with E-state index >= 15 is 0 Å². The molecule has 2 aliphatic rings. The van der Waals surface area contributed by atoms with E-state index in [1.807, 2.05) is 91.0 Å². The Labute approximate surface area is 212 Å². The van der Waals surface area contributed by atoms with Crippen LogP contribution in [0.5, 0.6) is 11.5 Å². The van der Waals surface area contributed by atoms with Crippen LogP contribution in [-0.4, -0.2) is 5.11 Å². The summed E-state index contributed by atoms with van der Waals surface area (Å²) in [5.74, 6) is 1.56. The van der Waals surface area contributed by atoms with E-state index < -0.39 is 5.60 Å². The number of nitrogens with zero attached hydrogens (tertiary/aromatic N) is 1. The predicted molar refractivity (Wildman–Crippen MR) is 143 cm³/mol. The molecule has 1 N–H and O–H groups in total. The van der Waals surface area contributed by atoms with Gasteiger partial charge in [-0.15, -0.1) is 0 Å². The van der Waals surface area contributed by atoms with E-state index in [9.17, 15) is 5.11 Å². The zero-order chi connectivity index (χ0) is 23.6. The van der Waals surface area contributed by atoms with Crippen LogP contribution in [0.15, 0.2) is 120 Å². The number of para-hydroxylation sites is 5. The number of hydrogen-bond donors (Lipinski definition) is 1. The SMILES string of the molecule is OC1(c2ccccc2N2c3ccccc3Oc3ccccc32)c2ccccc2-c2c(Br)cccc21. The van der Waals surface area contributed by atoms with E-state index in [0.29, 0.717) is 0 Å². The first-order valence-corrected chi connectivity index (χ1v) is 12.3. The number of hydrogen-bond acceptors (Lipinski definition) is 3. The van der Waals surface area contributed by atoms with Crippen molar-refractivity contribution in [2.75, 3.05) is 4.90 Å². The standard InChI is InChI=1S/C31H20BrNO2/c32-24-14-9-13-23-30(24)20-10-1-2-11-21(20)31(23,34)22-12-3-4-15-25(22)33-26-16-5-7-18-28(26)35-29-19-8-6-17-27(29)33/h1-19,34H. The summed E-state index contributed by atoms with van der Waals surface area (Å²) < 4.78 is 7.21. The lowest BCUT2D eigenvalue weighted by molar-refractivity contribution is 0.131. The Morgan fingerprint density at radius 3 is 1.83 bits per heavy atom. The molecule has 0 amide bonds. The highest BCUT2D eigenvalue weighted by molar-refractivity contribution is 9.10. The lowest BCUT2D eigenvalue weighted by Gasteiger charge is -2.37. The smallest absolute Gasteiger partial charge is 0.151 e. The third-order valence-electron chi connectivity index (χ3n) is 6.96. The quantitative estimate of drug-likeness (QED) is 0.250. The van der Waals surface area contributed by atoms with Crippen LogP contribution in [0.1, 0.15) is 16.7 Å². The number of rotatable bonds is 2. The molecule has 35 heavy (non-hydrogen) atoms. The molecule has 0 aromatic heterocycles. The monoisotopic (exact) mass is 517 g/mol. The van der Waals surface area contributed by atoms with Crippen LogP contribution in [-0.2, 0) is 5.60 Å². The molecule has 0 fully saturated rings. The van der Waals surface area contributed by atoms with Gasteiger partial charge >= 0.3 is 0 Å². The molecular weight excluding hydrogens is 498 g/mol. The first-order chi connectivity index (χ1) is 17.2. The van der Waals surface area contributed by atoms with Crippen LogP contribution < -0.4 is 9.64 Å². The molecule has 7 rings (SSSR count). The van der Waals surface area contributed by atoms with Crippen LogP contribution in [0, 0.1) is 0 Å². The number of aliphatic hydroxyl groups is 1. The molecule has 1 unspecified atom stereocenters. The maximum Gasteiger partial charge on any atom is 0.151 e. The second kappa shape index (κ2) is 7.57. The molecule has 1 aliphatic heterocycles. The Balaban J connectivity index is 1.54. The zero-order valence-corrected chi connectivity index (χ0v) is 20.2. The number of anilines is 3. The fourth-order valence-electron chi connectivity index (χ4n) is 5.49. The minimum absolute atomic E-state index is 0.781. The largest absolute Gasteiger partial charge is 0.453 e. The Hall–Kier alpha value is -3.86. The van der Waals surface area contributed by atoms with Gasteiger partial charge in [0.05, 0.1) is 17.1 Å². The summed E-state index contributed by atoms with van der Waals surface area (Å²) in [5.41, 5.74) is 6.08. The van der Waals surface area contributed by atoms with Gasteiger partial charge in [-0.3, -0.25) is 0 Å². The Bertz CT molecular complexity index is 1580. The molecule has 0 radical (unpaired) electrons. The molecule has 5 aromatic rings. The Morgan fingerprint density at radius 2 is 1.11 bits per heavy atom. The topological polar surface area (TPSA) is 32.7 Å². The average molecular weight is 518 g/mol. The number of benzene rings is 5. The zero-order valence-electron chi connectivity index (χ0n) is 18.7. The normalized spacial score (nSPS) is 17.1. The van der Waals surface area contributed by atoms with Gasteiger partial charge in [-0.2, -0.15) is 0 Å². The lowest BCUT2D eigenvalue weighted by atomic mass is 9.83. The third-order valence-corrected chi connectivity index (χ3v) is 7.62. The van der Waals surface area contributed by atoms with Gasteiger partial charge in [0.2, 0.25) is 0 Å². The fourth-order valence-corrected chi connectivity index (χ4v) is 6.07. The molecule has 0 saturated heterocycles. The average Bonchev–Trinajstić information content (AvgIpc) is 3.17. The van der Waals surface area contributed by atoms with Gasteiger partial charge in [0.1, 0.15) is 5.60 Å². The van der Waals surface area contributed by atoms with E-state index in [1.54, 1.807) is 0 Å². The molecule has 1 heterocycles. The van der Waals surface area contributed by atoms with Gasteiger partial charge in [0, 0.05) is 26.7 Å². The van der Waals surface area contributed by atoms with Crippen molar-refractivity contribution in [3.8, 4) is 22.6 Å². The summed E-state index contributed by atoms with van der Waals surface area (Å²) in [4.78, 5) is 2.19. The highest BCUT2D eigenvalue weighted by atomic mass is 79.9. The van der Waals surface area contributed by atoms with Gasteiger partial charge in [0.15, 0.2) is 11.5 Å². The number of halogens is 1. The second-order valence-corrected chi connectivity index (χ2v) is 9.66. The molecule has 168 valence electrons. The maximum absolute atomic E-state index is 12.7. The summed E-state index contributed by atoms with van der Waals surface area (Å²) >= 11 is 3.74. The van der Waals surface area contributed by atoms with Gasteiger partial charge < -0.3 is 14.7 Å². The van der Waals surface area contributed by atoms with Crippen LogP contribution in [0.3, 0.4) is 0 Å². The van der Waals surface area contributed by atoms with Crippen LogP contribution in [0.4, 0.5) is 17.1 Å². The fraction of sp³-hybridized carbons (Fsp3) is 0.0323. The van der Waals surface area contributed by atoms with Crippen molar-refractivity contribution in [2.24, 2.45) is 0 Å². The highest BCUT2D eigenvalue weighted by Gasteiger charge is 2.46. The molecule has 0 saturated carbocycles. The molecule has 0 bridgehead atoms. The molecule has 3 nitrogen and oxygen atoms in total. The second-order valence-electron chi connectivity index (χ2n) is 8.81. The molecular formula is C31H20BrNO2. The maximum atomic E-state index is 12.7. The predicted octanol–water partition coefficient (Wildman–Crippen LogP) is 8.29. The summed E-state index contributed by atoms with van der Waals surface area (Å²) in [6.45, 7) is 0. The van der Waals surface area contributed by atoms with E-state index in [0.717, 1.165) is 60.9 Å². The van der Waals surface area contributed by atoms with E-state index in [2.05, 4.69) is 45.1 Å². The van der Waals surface area contributed by atoms with Crippen molar-refractivity contribution in [2.45, 2.75) is 5.60 Å². The molecule has 0 spiro atoms. The molecule has 4 heteroatoms. The van der Waals surface area contributed by atoms with Crippen molar-refractivity contribution in [1.29, 1.82) is 0 Å². The van der Waals surface area contributed by atoms with Gasteiger partial charge in [-0.1, -0.05) is 94.8 Å². The minimum atomic E-state index is -1.32. The first kappa shape index (κ1) is 20.5. The molecule has 5 aromatic carbocycles. The Kier molecular flexibility index (Phi) is 4.44. The molecule has 1 aliphatic carbocycles. The summed E-state index contributed by atoms with van der Waals surface area (Å²) in [5, 5.41) is 12.7. The van der Waals surface area contributed by atoms with E-state index in [-0.39, 0.29) is 0 Å². The van der Waals surface area contributed by atoms with Gasteiger partial charge in [-0.25, -0.2) is 0 Å². The minimum Gasteiger partial charge on any atom is -0.453 e. The highest BCUT2D eigenvalue weighted by Crippen LogP contribution is 2.57. The van der Waals surface area contributed by atoms with Gasteiger partial charge in [0.25, 0.3) is 0 Å². The van der Waals surface area contributed by atoms with E-state index in [4.69, 9.17) is 4.74 Å². The summed E-state index contributed by atoms with van der Waals surface area (Å²) in [6.07, 6.45) is 0. The van der Waals surface area contributed by atoms with Crippen molar-refractivity contribution in [3.63, 3.8) is 0 Å². The van der Waals surface area contributed by atoms with E-state index in [1.165, 1.54) is 0 Å². The van der Waals surface area contributed by atoms with Crippen molar-refractivity contribution in [1.82, 2.24) is 0 Å².